The van der Waals surface area contributed by atoms with Crippen LogP contribution in [0.1, 0.15) is 28.9 Å². The molecule has 7 nitrogen and oxygen atoms in total. The van der Waals surface area contributed by atoms with E-state index in [-0.39, 0.29) is 23.4 Å². The van der Waals surface area contributed by atoms with Crippen LogP contribution in [0.4, 0.5) is 14.9 Å². The van der Waals surface area contributed by atoms with Crippen molar-refractivity contribution in [1.29, 1.82) is 0 Å². The molecule has 1 aromatic heterocycles. The smallest absolute Gasteiger partial charge is 0.321 e. The SMILES string of the molecule is O=C(NCc1cccc(NC(=O)N2CCCC2)c1)c1ccn(-c2cccc(F)c2)n1. The number of nitrogens with zero attached hydrogens (tertiary/aromatic N) is 3. The van der Waals surface area contributed by atoms with E-state index in [9.17, 15) is 14.0 Å². The number of hydrogen-bond donors (Lipinski definition) is 2. The van der Waals surface area contributed by atoms with Crippen molar-refractivity contribution in [1.82, 2.24) is 20.0 Å². The minimum Gasteiger partial charge on any atom is -0.347 e. The van der Waals surface area contributed by atoms with Crippen LogP contribution in [0.15, 0.2) is 60.8 Å². The Morgan fingerprint density at radius 2 is 1.83 bits per heavy atom. The summed E-state index contributed by atoms with van der Waals surface area (Å²) >= 11 is 0. The molecule has 0 aliphatic carbocycles. The van der Waals surface area contributed by atoms with Crippen LogP contribution in [0.3, 0.4) is 0 Å². The lowest BCUT2D eigenvalue weighted by Gasteiger charge is -2.16. The Hall–Kier alpha value is -3.68. The molecule has 3 aromatic rings. The predicted molar refractivity (Wildman–Crippen MR) is 111 cm³/mol. The number of likely N-dealkylation sites (tertiary alicyclic amines) is 1. The Labute approximate surface area is 173 Å². The zero-order valence-electron chi connectivity index (χ0n) is 16.3. The van der Waals surface area contributed by atoms with E-state index in [0.29, 0.717) is 17.9 Å². The largest absolute Gasteiger partial charge is 0.347 e. The lowest BCUT2D eigenvalue weighted by molar-refractivity contribution is 0.0945. The quantitative estimate of drug-likeness (QED) is 0.679. The molecule has 154 valence electrons. The Kier molecular flexibility index (Phi) is 5.74. The van der Waals surface area contributed by atoms with Gasteiger partial charge >= 0.3 is 6.03 Å². The molecular formula is C22H22FN5O2. The molecular weight excluding hydrogens is 385 g/mol. The lowest BCUT2D eigenvalue weighted by Crippen LogP contribution is -2.32. The number of halogens is 1. The summed E-state index contributed by atoms with van der Waals surface area (Å²) < 4.78 is 14.8. The molecule has 1 saturated heterocycles. The number of amides is 3. The summed E-state index contributed by atoms with van der Waals surface area (Å²) in [6.07, 6.45) is 3.68. The maximum atomic E-state index is 13.4. The summed E-state index contributed by atoms with van der Waals surface area (Å²) in [6.45, 7) is 1.85. The molecule has 0 bridgehead atoms. The van der Waals surface area contributed by atoms with Crippen molar-refractivity contribution in [3.05, 3.63) is 77.9 Å². The molecule has 30 heavy (non-hydrogen) atoms. The van der Waals surface area contributed by atoms with Crippen LogP contribution in [-0.4, -0.2) is 39.7 Å². The van der Waals surface area contributed by atoms with Gasteiger partial charge in [0.25, 0.3) is 5.91 Å². The lowest BCUT2D eigenvalue weighted by atomic mass is 10.2. The zero-order valence-corrected chi connectivity index (χ0v) is 16.3. The molecule has 1 aliphatic rings. The monoisotopic (exact) mass is 407 g/mol. The summed E-state index contributed by atoms with van der Waals surface area (Å²) in [5, 5.41) is 9.92. The second-order valence-electron chi connectivity index (χ2n) is 7.13. The van der Waals surface area contributed by atoms with Crippen LogP contribution in [0.5, 0.6) is 0 Å². The third-order valence-corrected chi connectivity index (χ3v) is 4.92. The number of urea groups is 1. The van der Waals surface area contributed by atoms with E-state index < -0.39 is 0 Å². The number of benzene rings is 2. The molecule has 0 atom stereocenters. The number of rotatable bonds is 5. The van der Waals surface area contributed by atoms with Crippen LogP contribution in [0, 0.1) is 5.82 Å². The highest BCUT2D eigenvalue weighted by Gasteiger charge is 2.17. The van der Waals surface area contributed by atoms with Crippen molar-refractivity contribution in [2.24, 2.45) is 0 Å². The average Bonchev–Trinajstić information content (AvgIpc) is 3.44. The first kappa shape index (κ1) is 19.6. The van der Waals surface area contributed by atoms with Gasteiger partial charge in [-0.05, 0) is 54.8 Å². The molecule has 1 fully saturated rings. The molecule has 0 unspecified atom stereocenters. The van der Waals surface area contributed by atoms with Crippen molar-refractivity contribution in [2.45, 2.75) is 19.4 Å². The van der Waals surface area contributed by atoms with Crippen LogP contribution in [-0.2, 0) is 6.54 Å². The Balaban J connectivity index is 1.35. The molecule has 3 amide bonds. The van der Waals surface area contributed by atoms with Crippen LogP contribution >= 0.6 is 0 Å². The highest BCUT2D eigenvalue weighted by atomic mass is 19.1. The van der Waals surface area contributed by atoms with Crippen LogP contribution in [0.2, 0.25) is 0 Å². The molecule has 2 heterocycles. The molecule has 2 aromatic carbocycles. The number of anilines is 1. The second-order valence-corrected chi connectivity index (χ2v) is 7.13. The van der Waals surface area contributed by atoms with Gasteiger partial charge in [-0.15, -0.1) is 0 Å². The van der Waals surface area contributed by atoms with E-state index in [1.165, 1.54) is 16.8 Å². The molecule has 0 saturated carbocycles. The predicted octanol–water partition coefficient (Wildman–Crippen LogP) is 3.57. The minimum atomic E-state index is -0.370. The maximum Gasteiger partial charge on any atom is 0.321 e. The molecule has 8 heteroatoms. The topological polar surface area (TPSA) is 79.3 Å². The van der Waals surface area contributed by atoms with Crippen molar-refractivity contribution in [2.75, 3.05) is 18.4 Å². The average molecular weight is 407 g/mol. The summed E-state index contributed by atoms with van der Waals surface area (Å²) in [5.74, 6) is -0.706. The molecule has 0 spiro atoms. The van der Waals surface area contributed by atoms with Crippen LogP contribution < -0.4 is 10.6 Å². The fourth-order valence-corrected chi connectivity index (χ4v) is 3.36. The van der Waals surface area contributed by atoms with Crippen molar-refractivity contribution >= 4 is 17.6 Å². The van der Waals surface area contributed by atoms with Gasteiger partial charge in [0.2, 0.25) is 0 Å². The summed E-state index contributed by atoms with van der Waals surface area (Å²) in [5.41, 5.74) is 2.31. The standard InChI is InChI=1S/C22H22FN5O2/c23-17-6-4-8-19(14-17)28-12-9-20(26-28)21(29)24-15-16-5-3-7-18(13-16)25-22(30)27-10-1-2-11-27/h3-9,12-14H,1-2,10-11,15H2,(H,24,29)(H,25,30). The normalized spacial score (nSPS) is 13.3. The van der Waals surface area contributed by atoms with Gasteiger partial charge in [0, 0.05) is 31.5 Å². The van der Waals surface area contributed by atoms with Gasteiger partial charge in [0.05, 0.1) is 5.69 Å². The Morgan fingerprint density at radius 3 is 2.63 bits per heavy atom. The summed E-state index contributed by atoms with van der Waals surface area (Å²) in [7, 11) is 0. The molecule has 0 radical (unpaired) electrons. The third kappa shape index (κ3) is 4.65. The van der Waals surface area contributed by atoms with E-state index in [0.717, 1.165) is 31.5 Å². The second kappa shape index (κ2) is 8.77. The van der Waals surface area contributed by atoms with E-state index >= 15 is 0 Å². The van der Waals surface area contributed by atoms with E-state index in [1.807, 2.05) is 24.3 Å². The molecule has 2 N–H and O–H groups in total. The third-order valence-electron chi connectivity index (χ3n) is 4.92. The molecule has 4 rings (SSSR count). The van der Waals surface area contributed by atoms with E-state index in [4.69, 9.17) is 0 Å². The van der Waals surface area contributed by atoms with Gasteiger partial charge in [-0.25, -0.2) is 13.9 Å². The fraction of sp³-hybridized carbons (Fsp3) is 0.227. The van der Waals surface area contributed by atoms with Crippen LogP contribution in [0.25, 0.3) is 5.69 Å². The Morgan fingerprint density at radius 1 is 1.03 bits per heavy atom. The Bertz CT molecular complexity index is 1060. The van der Waals surface area contributed by atoms with Crippen molar-refractivity contribution in [3.63, 3.8) is 0 Å². The van der Waals surface area contributed by atoms with Crippen molar-refractivity contribution in [3.8, 4) is 5.69 Å². The maximum absolute atomic E-state index is 13.4. The molecule has 1 aliphatic heterocycles. The van der Waals surface area contributed by atoms with Gasteiger partial charge in [-0.3, -0.25) is 4.79 Å². The number of nitrogens with one attached hydrogen (secondary N) is 2. The highest BCUT2D eigenvalue weighted by Crippen LogP contribution is 2.14. The summed E-state index contributed by atoms with van der Waals surface area (Å²) in [6, 6.07) is 14.8. The van der Waals surface area contributed by atoms with Gasteiger partial charge in [-0.1, -0.05) is 18.2 Å². The highest BCUT2D eigenvalue weighted by molar-refractivity contribution is 5.92. The number of aromatic nitrogens is 2. The fourth-order valence-electron chi connectivity index (χ4n) is 3.36. The van der Waals surface area contributed by atoms with Gasteiger partial charge in [0.1, 0.15) is 5.82 Å². The first-order valence-electron chi connectivity index (χ1n) is 9.83. The van der Waals surface area contributed by atoms with Gasteiger partial charge < -0.3 is 15.5 Å². The van der Waals surface area contributed by atoms with Gasteiger partial charge in [0.15, 0.2) is 5.69 Å². The number of carbonyl (C=O) groups is 2. The first-order valence-corrected chi connectivity index (χ1v) is 9.83. The van der Waals surface area contributed by atoms with E-state index in [1.54, 1.807) is 29.3 Å². The van der Waals surface area contributed by atoms with Gasteiger partial charge in [-0.2, -0.15) is 5.10 Å². The van der Waals surface area contributed by atoms with Crippen molar-refractivity contribution < 1.29 is 14.0 Å². The first-order chi connectivity index (χ1) is 14.6. The number of hydrogen-bond acceptors (Lipinski definition) is 3. The summed E-state index contributed by atoms with van der Waals surface area (Å²) in [4.78, 5) is 26.5. The van der Waals surface area contributed by atoms with E-state index in [2.05, 4.69) is 15.7 Å². The minimum absolute atomic E-state index is 0.100. The number of carbonyl (C=O) groups excluding carboxylic acids is 2. The zero-order chi connectivity index (χ0) is 20.9.